The maximum atomic E-state index is 2.80. The van der Waals surface area contributed by atoms with Crippen molar-refractivity contribution in [2.45, 2.75) is 89.9 Å². The molecule has 14 rings (SSSR count). The Bertz CT molecular complexity index is 3610. The van der Waals surface area contributed by atoms with Crippen LogP contribution in [0.25, 0.3) is 43.5 Å². The van der Waals surface area contributed by atoms with E-state index in [1.165, 1.54) is 139 Å². The van der Waals surface area contributed by atoms with E-state index in [1.54, 1.807) is 0 Å². The molecule has 0 radical (unpaired) electrons. The second-order valence-electron chi connectivity index (χ2n) is 22.7. The summed E-state index contributed by atoms with van der Waals surface area (Å²) in [5, 5.41) is 1.36. The van der Waals surface area contributed by atoms with E-state index < -0.39 is 5.41 Å². The molecule has 0 fully saturated rings. The molecule has 0 N–H and O–H groups in total. The molecular formula is C64H55BN2S. The van der Waals surface area contributed by atoms with Gasteiger partial charge in [0.2, 0.25) is 0 Å². The number of rotatable bonds is 2. The summed E-state index contributed by atoms with van der Waals surface area (Å²) < 4.78 is 2.79. The van der Waals surface area contributed by atoms with Gasteiger partial charge >= 0.3 is 6.85 Å². The highest BCUT2D eigenvalue weighted by molar-refractivity contribution is 7.32. The molecule has 3 aliphatic heterocycles. The Labute approximate surface area is 406 Å². The van der Waals surface area contributed by atoms with E-state index in [1.807, 2.05) is 11.3 Å². The molecule has 0 saturated heterocycles. The summed E-state index contributed by atoms with van der Waals surface area (Å²) in [6.07, 6.45) is 2.36. The highest BCUT2D eigenvalue weighted by Crippen LogP contribution is 2.65. The minimum Gasteiger partial charge on any atom is -0.375 e. The molecule has 0 atom stereocenters. The zero-order chi connectivity index (χ0) is 46.2. The molecule has 9 aromatic rings. The number of benzene rings is 8. The average Bonchev–Trinajstić information content (AvgIpc) is 3.86. The molecule has 0 saturated carbocycles. The number of aryl methyl sites for hydroxylation is 1. The number of nitrogens with zero attached hydrogens (tertiary/aromatic N) is 2. The van der Waals surface area contributed by atoms with Crippen LogP contribution in [0.1, 0.15) is 106 Å². The molecule has 4 heteroatoms. The third kappa shape index (κ3) is 5.14. The van der Waals surface area contributed by atoms with Crippen molar-refractivity contribution in [3.05, 3.63) is 208 Å². The van der Waals surface area contributed by atoms with Crippen LogP contribution in [0.5, 0.6) is 0 Å². The van der Waals surface area contributed by atoms with Crippen LogP contribution in [0.15, 0.2) is 164 Å². The molecular weight excluding hydrogens is 840 g/mol. The van der Waals surface area contributed by atoms with Crippen LogP contribution in [0, 0.1) is 6.92 Å². The summed E-state index contributed by atoms with van der Waals surface area (Å²) in [6, 6.07) is 63.8. The van der Waals surface area contributed by atoms with Crippen LogP contribution in [0.4, 0.5) is 28.4 Å². The first-order chi connectivity index (χ1) is 32.8. The lowest BCUT2D eigenvalue weighted by atomic mass is 9.45. The first-order valence-electron chi connectivity index (χ1n) is 24.8. The van der Waals surface area contributed by atoms with Crippen molar-refractivity contribution < 1.29 is 0 Å². The summed E-state index contributed by atoms with van der Waals surface area (Å²) in [4.78, 5) is 5.52. The molecule has 2 aliphatic carbocycles. The molecule has 0 amide bonds. The third-order valence-corrected chi connectivity index (χ3v) is 18.1. The van der Waals surface area contributed by atoms with Crippen LogP contribution >= 0.6 is 11.3 Å². The lowest BCUT2D eigenvalue weighted by Crippen LogP contribution is -2.62. The second-order valence-corrected chi connectivity index (χ2v) is 23.8. The predicted molar refractivity (Wildman–Crippen MR) is 291 cm³/mol. The van der Waals surface area contributed by atoms with Gasteiger partial charge in [-0.05, 0) is 145 Å². The Balaban J connectivity index is 1.14. The smallest absolute Gasteiger partial charge is 0.343 e. The van der Waals surface area contributed by atoms with E-state index in [-0.39, 0.29) is 23.1 Å². The predicted octanol–water partition coefficient (Wildman–Crippen LogP) is 15.9. The zero-order valence-electron chi connectivity index (χ0n) is 40.4. The van der Waals surface area contributed by atoms with Crippen LogP contribution in [-0.4, -0.2) is 6.85 Å². The molecule has 330 valence electrons. The van der Waals surface area contributed by atoms with Crippen molar-refractivity contribution in [2.24, 2.45) is 0 Å². The summed E-state index contributed by atoms with van der Waals surface area (Å²) in [5.74, 6) is 0. The second kappa shape index (κ2) is 13.5. The summed E-state index contributed by atoms with van der Waals surface area (Å²) in [7, 11) is 0. The topological polar surface area (TPSA) is 6.48 Å². The van der Waals surface area contributed by atoms with Crippen molar-refractivity contribution in [1.29, 1.82) is 0 Å². The van der Waals surface area contributed by atoms with Gasteiger partial charge in [-0.2, -0.15) is 0 Å². The van der Waals surface area contributed by atoms with E-state index in [9.17, 15) is 0 Å². The Morgan fingerprint density at radius 2 is 1.12 bits per heavy atom. The monoisotopic (exact) mass is 894 g/mol. The van der Waals surface area contributed by atoms with Crippen LogP contribution in [0.2, 0.25) is 0 Å². The molecule has 8 aromatic carbocycles. The normalized spacial score (nSPS) is 17.0. The van der Waals surface area contributed by atoms with Gasteiger partial charge in [0, 0.05) is 43.1 Å². The Kier molecular flexibility index (Phi) is 8.06. The lowest BCUT2D eigenvalue weighted by Gasteiger charge is -2.52. The number of hydrogen-bond donors (Lipinski definition) is 0. The lowest BCUT2D eigenvalue weighted by molar-refractivity contribution is 0.332. The average molecular weight is 895 g/mol. The third-order valence-electron chi connectivity index (χ3n) is 16.9. The number of para-hydroxylation sites is 2. The fourth-order valence-electron chi connectivity index (χ4n) is 13.5. The molecule has 2 nitrogen and oxygen atoms in total. The maximum absolute atomic E-state index is 2.80. The fourth-order valence-corrected chi connectivity index (χ4v) is 14.8. The van der Waals surface area contributed by atoms with E-state index in [4.69, 9.17) is 0 Å². The van der Waals surface area contributed by atoms with Crippen molar-refractivity contribution in [2.75, 3.05) is 9.71 Å². The maximum Gasteiger partial charge on any atom is 0.343 e. The highest BCUT2D eigenvalue weighted by Gasteiger charge is 2.57. The molecule has 5 aliphatic rings. The van der Waals surface area contributed by atoms with Gasteiger partial charge in [0.05, 0.1) is 16.8 Å². The van der Waals surface area contributed by atoms with Gasteiger partial charge in [0.15, 0.2) is 0 Å². The van der Waals surface area contributed by atoms with Gasteiger partial charge in [0.1, 0.15) is 0 Å². The summed E-state index contributed by atoms with van der Waals surface area (Å²) in [6.45, 7) is 19.2. The zero-order valence-corrected chi connectivity index (χ0v) is 41.2. The molecule has 0 bridgehead atoms. The van der Waals surface area contributed by atoms with E-state index in [2.05, 4.69) is 229 Å². The molecule has 1 spiro atoms. The van der Waals surface area contributed by atoms with E-state index in [0.29, 0.717) is 0 Å². The molecule has 1 aromatic heterocycles. The van der Waals surface area contributed by atoms with Crippen molar-refractivity contribution in [3.8, 4) is 33.4 Å². The van der Waals surface area contributed by atoms with E-state index >= 15 is 0 Å². The first-order valence-corrected chi connectivity index (χ1v) is 25.6. The van der Waals surface area contributed by atoms with Crippen molar-refractivity contribution in [1.82, 2.24) is 0 Å². The Hall–Kier alpha value is -6.62. The largest absolute Gasteiger partial charge is 0.375 e. The first kappa shape index (κ1) is 40.5. The summed E-state index contributed by atoms with van der Waals surface area (Å²) in [5.41, 5.74) is 26.4. The number of thiophene rings is 1. The standard InChI is InChI=1S/C64H55BN2S/c1-38-33-45-43-23-18-27-50-58(43)67(54-28-17-16-26-49(54)64(50)47-24-14-12-21-41(47)42-22-13-15-25-48(42)64)65-57(45)55(34-38)66(53-30-29-40(61(2,3)4)35-44(53)39-19-10-9-11-20-39)59-46-36-51-52(37-56(46)68-60(59)65)63(7,8)32-31-62(51,5)6/h9-30,33-37H,31-32H2,1-8H3. The van der Waals surface area contributed by atoms with Gasteiger partial charge in [-0.1, -0.05) is 176 Å². The fraction of sp³-hybridized carbons (Fsp3) is 0.219. The Morgan fingerprint density at radius 1 is 0.500 bits per heavy atom. The van der Waals surface area contributed by atoms with E-state index in [0.717, 1.165) is 0 Å². The SMILES string of the molecule is Cc1cc2c3c(c1)N(c1ccc(C(C)(C)C)cc1-c1ccccc1)c1c(sc4cc5c(cc14)C(C)(C)CCC5(C)C)B3N1c3ccccc3C3(c4ccccc4-c4ccccc43)c3cccc-2c31. The minimum atomic E-state index is -0.477. The highest BCUT2D eigenvalue weighted by atomic mass is 32.1. The number of anilines is 5. The quantitative estimate of drug-likeness (QED) is 0.160. The van der Waals surface area contributed by atoms with Gasteiger partial charge in [-0.3, -0.25) is 0 Å². The van der Waals surface area contributed by atoms with Crippen molar-refractivity contribution in [3.63, 3.8) is 0 Å². The van der Waals surface area contributed by atoms with Crippen molar-refractivity contribution >= 4 is 66.9 Å². The minimum absolute atomic E-state index is 0.0178. The number of hydrogen-bond acceptors (Lipinski definition) is 3. The van der Waals surface area contributed by atoms with Crippen LogP contribution in [0.3, 0.4) is 0 Å². The van der Waals surface area contributed by atoms with Crippen LogP contribution < -0.4 is 20.0 Å². The molecule has 0 unspecified atom stereocenters. The van der Waals surface area contributed by atoms with Gasteiger partial charge < -0.3 is 9.71 Å². The molecule has 68 heavy (non-hydrogen) atoms. The number of fused-ring (bicyclic) bond motifs is 16. The molecule has 4 heterocycles. The van der Waals surface area contributed by atoms with Crippen LogP contribution in [-0.2, 0) is 21.7 Å². The van der Waals surface area contributed by atoms with Gasteiger partial charge in [0.25, 0.3) is 0 Å². The van der Waals surface area contributed by atoms with Gasteiger partial charge in [-0.15, -0.1) is 11.3 Å². The Morgan fingerprint density at radius 3 is 1.82 bits per heavy atom. The van der Waals surface area contributed by atoms with Gasteiger partial charge in [-0.25, -0.2) is 0 Å². The summed E-state index contributed by atoms with van der Waals surface area (Å²) >= 11 is 2.04.